The maximum absolute atomic E-state index is 12.9. The van der Waals surface area contributed by atoms with Crippen LogP contribution in [0.5, 0.6) is 5.75 Å². The standard InChI is InChI=1S/C19H23ClN2O4S/c1-12-7-6-8-13(2)18(12)21-19(23)14(3)22(27(5,24)25)16-11-15(20)9-10-17(16)26-4/h6-11,14H,1-5H3,(H,21,23)/t14-/m1/s1. The number of carbonyl (C=O) groups is 1. The SMILES string of the molecule is COc1ccc(Cl)cc1N([C@H](C)C(=O)Nc1c(C)cccc1C)S(C)(=O)=O. The fourth-order valence-corrected chi connectivity index (χ4v) is 4.19. The summed E-state index contributed by atoms with van der Waals surface area (Å²) in [6, 6.07) is 9.24. The summed E-state index contributed by atoms with van der Waals surface area (Å²) in [5, 5.41) is 3.17. The summed E-state index contributed by atoms with van der Waals surface area (Å²) in [5.74, 6) is -0.156. The number of halogens is 1. The van der Waals surface area contributed by atoms with Crippen LogP contribution in [0.15, 0.2) is 36.4 Å². The summed E-state index contributed by atoms with van der Waals surface area (Å²) in [5.41, 5.74) is 2.65. The maximum Gasteiger partial charge on any atom is 0.248 e. The zero-order valence-corrected chi connectivity index (χ0v) is 17.5. The third-order valence-corrected chi connectivity index (χ3v) is 5.66. The summed E-state index contributed by atoms with van der Waals surface area (Å²) in [6.07, 6.45) is 1.04. The number of rotatable bonds is 6. The number of amides is 1. The molecule has 0 spiro atoms. The number of hydrogen-bond acceptors (Lipinski definition) is 4. The van der Waals surface area contributed by atoms with Crippen LogP contribution in [0.4, 0.5) is 11.4 Å². The molecule has 1 amide bonds. The Labute approximate surface area is 165 Å². The van der Waals surface area contributed by atoms with E-state index in [2.05, 4.69) is 5.32 Å². The predicted molar refractivity (Wildman–Crippen MR) is 109 cm³/mol. The molecule has 0 saturated heterocycles. The first-order chi connectivity index (χ1) is 12.6. The third kappa shape index (κ3) is 4.73. The highest BCUT2D eigenvalue weighted by Crippen LogP contribution is 2.34. The molecule has 1 atom stereocenters. The molecule has 2 aromatic carbocycles. The van der Waals surface area contributed by atoms with Gasteiger partial charge in [-0.15, -0.1) is 0 Å². The maximum atomic E-state index is 12.9. The molecule has 0 fully saturated rings. The molecule has 0 aromatic heterocycles. The van der Waals surface area contributed by atoms with Crippen LogP contribution in [0, 0.1) is 13.8 Å². The summed E-state index contributed by atoms with van der Waals surface area (Å²) in [4.78, 5) is 12.9. The summed E-state index contributed by atoms with van der Waals surface area (Å²) < 4.78 is 31.3. The van der Waals surface area contributed by atoms with Crippen LogP contribution in [0.2, 0.25) is 5.02 Å². The molecule has 0 heterocycles. The van der Waals surface area contributed by atoms with Crippen molar-refractivity contribution in [3.63, 3.8) is 0 Å². The first kappa shape index (κ1) is 21.1. The van der Waals surface area contributed by atoms with Crippen LogP contribution < -0.4 is 14.4 Å². The zero-order valence-electron chi connectivity index (χ0n) is 15.9. The van der Waals surface area contributed by atoms with Gasteiger partial charge in [0.25, 0.3) is 0 Å². The Morgan fingerprint density at radius 3 is 2.30 bits per heavy atom. The van der Waals surface area contributed by atoms with E-state index in [1.54, 1.807) is 12.1 Å². The number of carbonyl (C=O) groups excluding carboxylic acids is 1. The molecule has 0 radical (unpaired) electrons. The van der Waals surface area contributed by atoms with E-state index in [1.165, 1.54) is 20.1 Å². The van der Waals surface area contributed by atoms with E-state index in [4.69, 9.17) is 16.3 Å². The van der Waals surface area contributed by atoms with Gasteiger partial charge in [-0.2, -0.15) is 0 Å². The quantitative estimate of drug-likeness (QED) is 0.786. The van der Waals surface area contributed by atoms with Gasteiger partial charge in [0.1, 0.15) is 11.8 Å². The van der Waals surface area contributed by atoms with Crippen molar-refractivity contribution < 1.29 is 17.9 Å². The zero-order chi connectivity index (χ0) is 20.4. The van der Waals surface area contributed by atoms with Gasteiger partial charge in [-0.3, -0.25) is 9.10 Å². The van der Waals surface area contributed by atoms with E-state index in [-0.39, 0.29) is 5.69 Å². The number of hydrogen-bond donors (Lipinski definition) is 1. The fourth-order valence-electron chi connectivity index (χ4n) is 2.86. The number of anilines is 2. The van der Waals surface area contributed by atoms with Crippen molar-refractivity contribution in [2.75, 3.05) is 23.0 Å². The Bertz CT molecular complexity index is 940. The van der Waals surface area contributed by atoms with E-state index in [9.17, 15) is 13.2 Å². The molecule has 0 aliphatic heterocycles. The first-order valence-electron chi connectivity index (χ1n) is 8.26. The minimum atomic E-state index is -3.79. The van der Waals surface area contributed by atoms with Crippen LogP contribution in [-0.4, -0.2) is 33.7 Å². The van der Waals surface area contributed by atoms with Gasteiger partial charge in [0, 0.05) is 10.7 Å². The van der Waals surface area contributed by atoms with E-state index >= 15 is 0 Å². The van der Waals surface area contributed by atoms with Gasteiger partial charge in [-0.05, 0) is 50.1 Å². The molecule has 0 aliphatic rings. The lowest BCUT2D eigenvalue weighted by Gasteiger charge is -2.29. The van der Waals surface area contributed by atoms with Gasteiger partial charge in [0.2, 0.25) is 15.9 Å². The first-order valence-corrected chi connectivity index (χ1v) is 10.5. The van der Waals surface area contributed by atoms with Crippen molar-refractivity contribution in [2.45, 2.75) is 26.8 Å². The van der Waals surface area contributed by atoms with E-state index in [0.29, 0.717) is 16.5 Å². The van der Waals surface area contributed by atoms with Crippen LogP contribution in [-0.2, 0) is 14.8 Å². The highest BCUT2D eigenvalue weighted by atomic mass is 35.5. The van der Waals surface area contributed by atoms with E-state index in [0.717, 1.165) is 21.7 Å². The van der Waals surface area contributed by atoms with Crippen molar-refractivity contribution in [3.05, 3.63) is 52.5 Å². The predicted octanol–water partition coefficient (Wildman–Crippen LogP) is 3.76. The Morgan fingerprint density at radius 2 is 1.78 bits per heavy atom. The minimum Gasteiger partial charge on any atom is -0.495 e. The lowest BCUT2D eigenvalue weighted by molar-refractivity contribution is -0.116. The Hall–Kier alpha value is -2.25. The van der Waals surface area contributed by atoms with Crippen molar-refractivity contribution in [3.8, 4) is 5.75 Å². The fraction of sp³-hybridized carbons (Fsp3) is 0.316. The van der Waals surface area contributed by atoms with Crippen LogP contribution in [0.3, 0.4) is 0 Å². The highest BCUT2D eigenvalue weighted by Gasteiger charge is 2.31. The Balaban J connectivity index is 2.46. The molecule has 2 aromatic rings. The van der Waals surface area contributed by atoms with Gasteiger partial charge in [-0.25, -0.2) is 8.42 Å². The molecular weight excluding hydrogens is 388 g/mol. The number of sulfonamides is 1. The number of nitrogens with one attached hydrogen (secondary N) is 1. The van der Waals surface area contributed by atoms with Crippen LogP contribution >= 0.6 is 11.6 Å². The molecule has 6 nitrogen and oxygen atoms in total. The molecule has 0 unspecified atom stereocenters. The summed E-state index contributed by atoms with van der Waals surface area (Å²) in [6.45, 7) is 5.27. The second-order valence-corrected chi connectivity index (χ2v) is 8.60. The molecule has 8 heteroatoms. The second kappa shape index (κ2) is 8.19. The van der Waals surface area contributed by atoms with Gasteiger partial charge >= 0.3 is 0 Å². The van der Waals surface area contributed by atoms with Crippen molar-refractivity contribution in [1.82, 2.24) is 0 Å². The molecule has 27 heavy (non-hydrogen) atoms. The third-order valence-electron chi connectivity index (χ3n) is 4.20. The normalized spacial score (nSPS) is 12.4. The lowest BCUT2D eigenvalue weighted by atomic mass is 10.1. The monoisotopic (exact) mass is 410 g/mol. The lowest BCUT2D eigenvalue weighted by Crippen LogP contribution is -2.45. The summed E-state index contributed by atoms with van der Waals surface area (Å²) in [7, 11) is -2.37. The van der Waals surface area contributed by atoms with Gasteiger partial charge in [0.05, 0.1) is 19.1 Å². The minimum absolute atomic E-state index is 0.205. The van der Waals surface area contributed by atoms with Gasteiger partial charge < -0.3 is 10.1 Å². The van der Waals surface area contributed by atoms with Crippen LogP contribution in [0.25, 0.3) is 0 Å². The molecule has 0 aliphatic carbocycles. The van der Waals surface area contributed by atoms with Crippen molar-refractivity contribution in [2.24, 2.45) is 0 Å². The van der Waals surface area contributed by atoms with E-state index < -0.39 is 22.0 Å². The topological polar surface area (TPSA) is 75.7 Å². The number of aryl methyl sites for hydroxylation is 2. The number of para-hydroxylation sites is 1. The van der Waals surface area contributed by atoms with Crippen molar-refractivity contribution >= 4 is 38.9 Å². The molecule has 146 valence electrons. The number of ether oxygens (including phenoxy) is 1. The molecule has 1 N–H and O–H groups in total. The molecule has 0 bridgehead atoms. The number of benzene rings is 2. The van der Waals surface area contributed by atoms with E-state index in [1.807, 2.05) is 32.0 Å². The number of nitrogens with zero attached hydrogens (tertiary/aromatic N) is 1. The van der Waals surface area contributed by atoms with Crippen LogP contribution in [0.1, 0.15) is 18.1 Å². The smallest absolute Gasteiger partial charge is 0.248 e. The Morgan fingerprint density at radius 1 is 1.19 bits per heavy atom. The van der Waals surface area contributed by atoms with Crippen molar-refractivity contribution in [1.29, 1.82) is 0 Å². The molecule has 0 saturated carbocycles. The molecular formula is C19H23ClN2O4S. The largest absolute Gasteiger partial charge is 0.495 e. The second-order valence-electron chi connectivity index (χ2n) is 6.31. The average Bonchev–Trinajstić information content (AvgIpc) is 2.57. The summed E-state index contributed by atoms with van der Waals surface area (Å²) >= 11 is 6.05. The Kier molecular flexibility index (Phi) is 6.38. The molecule has 2 rings (SSSR count). The average molecular weight is 411 g/mol. The number of methoxy groups -OCH3 is 1. The van der Waals surface area contributed by atoms with Gasteiger partial charge in [0.15, 0.2) is 0 Å². The highest BCUT2D eigenvalue weighted by molar-refractivity contribution is 7.92. The van der Waals surface area contributed by atoms with Gasteiger partial charge in [-0.1, -0.05) is 29.8 Å².